The molecule has 212 valence electrons. The number of benzene rings is 2. The number of nitrogens with one attached hydrogen (secondary N) is 2. The van der Waals surface area contributed by atoms with Crippen molar-refractivity contribution in [3.8, 4) is 5.75 Å². The molecule has 10 heteroatoms. The summed E-state index contributed by atoms with van der Waals surface area (Å²) in [5, 5.41) is 36.7. The van der Waals surface area contributed by atoms with Gasteiger partial charge in [-0.3, -0.25) is 5.32 Å². The van der Waals surface area contributed by atoms with E-state index in [2.05, 4.69) is 44.6 Å². The maximum atomic E-state index is 10.2. The second kappa shape index (κ2) is 15.9. The summed E-state index contributed by atoms with van der Waals surface area (Å²) in [4.78, 5) is 4.66. The zero-order chi connectivity index (χ0) is 27.3. The summed E-state index contributed by atoms with van der Waals surface area (Å²) in [6.07, 6.45) is 5.36. The first kappa shape index (κ1) is 29.4. The first-order valence-corrected chi connectivity index (χ1v) is 14.6. The Labute approximate surface area is 234 Å². The van der Waals surface area contributed by atoms with Crippen LogP contribution in [0.5, 0.6) is 5.75 Å². The minimum atomic E-state index is -0.819. The van der Waals surface area contributed by atoms with Crippen LogP contribution in [0, 0.1) is 0 Å². The van der Waals surface area contributed by atoms with Crippen LogP contribution in [0.4, 0.5) is 5.69 Å². The molecule has 1 aliphatic heterocycles. The first-order chi connectivity index (χ1) is 19.1. The number of aliphatic hydroxyl groups is 2. The fraction of sp³-hybridized carbons (Fsp3) is 0.483. The van der Waals surface area contributed by atoms with Crippen molar-refractivity contribution in [3.05, 3.63) is 71.0 Å². The van der Waals surface area contributed by atoms with E-state index in [9.17, 15) is 15.3 Å². The lowest BCUT2D eigenvalue weighted by Crippen LogP contribution is -2.22. The minimum absolute atomic E-state index is 0.0317. The molecule has 5 N–H and O–H groups in total. The zero-order valence-electron chi connectivity index (χ0n) is 22.3. The van der Waals surface area contributed by atoms with E-state index in [4.69, 9.17) is 9.47 Å². The van der Waals surface area contributed by atoms with Crippen LogP contribution >= 0.6 is 11.8 Å². The Morgan fingerprint density at radius 2 is 1.90 bits per heavy atom. The van der Waals surface area contributed by atoms with Gasteiger partial charge in [-0.15, -0.1) is 0 Å². The Kier molecular flexibility index (Phi) is 11.9. The van der Waals surface area contributed by atoms with Crippen molar-refractivity contribution >= 4 is 17.4 Å². The molecule has 0 radical (unpaired) electrons. The van der Waals surface area contributed by atoms with Gasteiger partial charge in [0.2, 0.25) is 0 Å². The molecule has 9 nitrogen and oxygen atoms in total. The van der Waals surface area contributed by atoms with Gasteiger partial charge in [-0.05, 0) is 54.8 Å². The Balaban J connectivity index is 0.980. The van der Waals surface area contributed by atoms with Crippen molar-refractivity contribution in [2.75, 3.05) is 37.4 Å². The third kappa shape index (κ3) is 9.52. The Morgan fingerprint density at radius 1 is 1.03 bits per heavy atom. The number of aliphatic hydroxyl groups excluding tert-OH is 2. The smallest absolute Gasteiger partial charge is 0.168 e. The normalized spacial score (nSPS) is 13.5. The van der Waals surface area contributed by atoms with E-state index in [0.29, 0.717) is 50.6 Å². The Hall–Kier alpha value is -2.60. The number of ether oxygens (including phenoxy) is 2. The molecule has 0 bridgehead atoms. The molecule has 2 aromatic carbocycles. The van der Waals surface area contributed by atoms with Crippen molar-refractivity contribution in [2.24, 2.45) is 0 Å². The third-order valence-corrected chi connectivity index (χ3v) is 7.51. The number of fused-ring (bicyclic) bond motifs is 1. The highest BCUT2D eigenvalue weighted by Crippen LogP contribution is 2.25. The molecule has 0 saturated heterocycles. The molecule has 1 aromatic heterocycles. The number of aromatic hydroxyl groups is 1. The maximum Gasteiger partial charge on any atom is 0.168 e. The molecule has 1 aliphatic rings. The fourth-order valence-corrected chi connectivity index (χ4v) is 5.32. The van der Waals surface area contributed by atoms with E-state index in [0.717, 1.165) is 60.1 Å². The number of rotatable bonds is 18. The number of anilines is 1. The monoisotopic (exact) mass is 556 g/mol. The van der Waals surface area contributed by atoms with E-state index in [1.54, 1.807) is 12.1 Å². The van der Waals surface area contributed by atoms with E-state index < -0.39 is 6.23 Å². The fourth-order valence-electron chi connectivity index (χ4n) is 4.36. The maximum absolute atomic E-state index is 10.2. The van der Waals surface area contributed by atoms with Gasteiger partial charge < -0.3 is 34.7 Å². The van der Waals surface area contributed by atoms with Gasteiger partial charge in [0.1, 0.15) is 12.0 Å². The molecular formula is C29H40N4O5S. The van der Waals surface area contributed by atoms with E-state index in [1.807, 2.05) is 17.8 Å². The SMILES string of the molecule is OCc1cc([C@@H](O)NCCCCCCOCCOCc2cccc(NCc3cn4c(n3)SCC4)c2)ccc1O. The molecule has 0 aliphatic carbocycles. The summed E-state index contributed by atoms with van der Waals surface area (Å²) < 4.78 is 13.7. The minimum Gasteiger partial charge on any atom is -0.508 e. The van der Waals surface area contributed by atoms with Gasteiger partial charge in [-0.25, -0.2) is 4.98 Å². The summed E-state index contributed by atoms with van der Waals surface area (Å²) >= 11 is 1.81. The van der Waals surface area contributed by atoms with Crippen LogP contribution in [0.1, 0.15) is 54.3 Å². The highest BCUT2D eigenvalue weighted by Gasteiger charge is 2.14. The molecule has 0 fully saturated rings. The van der Waals surface area contributed by atoms with Crippen molar-refractivity contribution in [1.82, 2.24) is 14.9 Å². The molecule has 0 unspecified atom stereocenters. The van der Waals surface area contributed by atoms with Gasteiger partial charge in [0, 0.05) is 36.4 Å². The second-order valence-electron chi connectivity index (χ2n) is 9.59. The number of unbranched alkanes of at least 4 members (excludes halogenated alkanes) is 3. The molecule has 3 aromatic rings. The van der Waals surface area contributed by atoms with Gasteiger partial charge >= 0.3 is 0 Å². The number of aryl methyl sites for hydroxylation is 1. The number of thioether (sulfide) groups is 1. The van der Waals surface area contributed by atoms with Gasteiger partial charge in [-0.1, -0.05) is 42.8 Å². The number of phenols is 1. The predicted octanol–water partition coefficient (Wildman–Crippen LogP) is 4.17. The van der Waals surface area contributed by atoms with Crippen LogP contribution in [0.15, 0.2) is 53.8 Å². The molecule has 2 heterocycles. The summed E-state index contributed by atoms with van der Waals surface area (Å²) in [6.45, 7) is 4.59. The highest BCUT2D eigenvalue weighted by molar-refractivity contribution is 7.99. The zero-order valence-corrected chi connectivity index (χ0v) is 23.2. The lowest BCUT2D eigenvalue weighted by Gasteiger charge is -2.14. The van der Waals surface area contributed by atoms with Crippen LogP contribution < -0.4 is 10.6 Å². The summed E-state index contributed by atoms with van der Waals surface area (Å²) in [5.74, 6) is 1.15. The molecule has 0 spiro atoms. The quantitative estimate of drug-likeness (QED) is 0.116. The van der Waals surface area contributed by atoms with E-state index in [1.165, 1.54) is 6.07 Å². The first-order valence-electron chi connectivity index (χ1n) is 13.6. The Bertz CT molecular complexity index is 1140. The number of hydrogen-bond donors (Lipinski definition) is 5. The lowest BCUT2D eigenvalue weighted by molar-refractivity contribution is 0.0392. The molecule has 4 rings (SSSR count). The van der Waals surface area contributed by atoms with E-state index in [-0.39, 0.29) is 12.4 Å². The van der Waals surface area contributed by atoms with Gasteiger partial charge in [0.25, 0.3) is 0 Å². The highest BCUT2D eigenvalue weighted by atomic mass is 32.2. The third-order valence-electron chi connectivity index (χ3n) is 6.54. The van der Waals surface area contributed by atoms with Crippen LogP contribution in [-0.2, 0) is 35.8 Å². The average Bonchev–Trinajstić information content (AvgIpc) is 3.55. The Morgan fingerprint density at radius 3 is 2.77 bits per heavy atom. The van der Waals surface area contributed by atoms with E-state index >= 15 is 0 Å². The topological polar surface area (TPSA) is 121 Å². The average molecular weight is 557 g/mol. The van der Waals surface area contributed by atoms with Gasteiger partial charge in [-0.2, -0.15) is 0 Å². The van der Waals surface area contributed by atoms with Crippen LogP contribution in [0.25, 0.3) is 0 Å². The summed E-state index contributed by atoms with van der Waals surface area (Å²) in [5.41, 5.74) is 4.29. The summed E-state index contributed by atoms with van der Waals surface area (Å²) in [6, 6.07) is 13.0. The van der Waals surface area contributed by atoms with Crippen LogP contribution in [-0.4, -0.2) is 57.0 Å². The van der Waals surface area contributed by atoms with Crippen molar-refractivity contribution in [3.63, 3.8) is 0 Å². The standard InChI is InChI=1S/C29H40N4O5S/c34-20-24-17-23(8-9-27(24)35)28(36)30-10-3-1-2-4-12-37-13-14-38-21-22-6-5-7-25(16-22)31-18-26-19-33-11-15-39-29(33)32-26/h5-9,16-17,19,28,30-31,34-36H,1-4,10-15,18,20-21H2/t28-/m1/s1. The number of hydrogen-bond acceptors (Lipinski definition) is 9. The summed E-state index contributed by atoms with van der Waals surface area (Å²) in [7, 11) is 0. The molecule has 0 saturated carbocycles. The number of imidazole rings is 1. The van der Waals surface area contributed by atoms with Crippen LogP contribution in [0.2, 0.25) is 0 Å². The molecule has 0 amide bonds. The van der Waals surface area contributed by atoms with Crippen LogP contribution in [0.3, 0.4) is 0 Å². The predicted molar refractivity (Wildman–Crippen MR) is 153 cm³/mol. The molecule has 1 atom stereocenters. The van der Waals surface area contributed by atoms with Crippen molar-refractivity contribution in [1.29, 1.82) is 0 Å². The lowest BCUT2D eigenvalue weighted by atomic mass is 10.1. The number of nitrogens with zero attached hydrogens (tertiary/aromatic N) is 2. The second-order valence-corrected chi connectivity index (χ2v) is 10.7. The largest absolute Gasteiger partial charge is 0.508 e. The van der Waals surface area contributed by atoms with Crippen molar-refractivity contribution < 1.29 is 24.8 Å². The molecular weight excluding hydrogens is 516 g/mol. The van der Waals surface area contributed by atoms with Crippen molar-refractivity contribution in [2.45, 2.75) is 63.4 Å². The molecule has 39 heavy (non-hydrogen) atoms. The van der Waals surface area contributed by atoms with Gasteiger partial charge in [0.15, 0.2) is 5.16 Å². The number of aromatic nitrogens is 2. The van der Waals surface area contributed by atoms with Gasteiger partial charge in [0.05, 0.1) is 38.7 Å².